The minimum Gasteiger partial charge on any atom is -0.444 e. The molecule has 0 aromatic rings. The first kappa shape index (κ1) is 22.7. The maximum atomic E-state index is 12.0. The smallest absolute Gasteiger partial charge is 0.414 e. The number of carbonyl (C=O) groups excluding carboxylic acids is 3. The van der Waals surface area contributed by atoms with E-state index in [1.807, 2.05) is 0 Å². The summed E-state index contributed by atoms with van der Waals surface area (Å²) >= 11 is 0. The fourth-order valence-corrected chi connectivity index (χ4v) is 2.25. The van der Waals surface area contributed by atoms with Crippen LogP contribution in [0, 0.1) is 5.92 Å². The van der Waals surface area contributed by atoms with Gasteiger partial charge in [0, 0.05) is 0 Å². The minimum atomic E-state index is -0.908. The Morgan fingerprint density at radius 3 is 1.78 bits per heavy atom. The van der Waals surface area contributed by atoms with Crippen LogP contribution in [-0.2, 0) is 19.1 Å². The highest BCUT2D eigenvalue weighted by Gasteiger charge is 2.33. The Bertz CT molecular complexity index is 558. The molecule has 10 nitrogen and oxygen atoms in total. The van der Waals surface area contributed by atoms with Gasteiger partial charge in [-0.25, -0.2) is 14.4 Å². The molecule has 10 heteroatoms. The molecule has 0 spiro atoms. The Morgan fingerprint density at radius 2 is 1.41 bits per heavy atom. The largest absolute Gasteiger partial charge is 0.444 e. The van der Waals surface area contributed by atoms with Crippen LogP contribution in [0.1, 0.15) is 60.8 Å². The first-order valence-corrected chi connectivity index (χ1v) is 8.74. The van der Waals surface area contributed by atoms with Crippen LogP contribution in [0.2, 0.25) is 0 Å². The minimum absolute atomic E-state index is 0.473. The second kappa shape index (κ2) is 9.03. The van der Waals surface area contributed by atoms with Crippen LogP contribution in [0.4, 0.5) is 9.59 Å². The second-order valence-corrected chi connectivity index (χ2v) is 8.21. The van der Waals surface area contributed by atoms with Gasteiger partial charge in [-0.05, 0) is 66.0 Å². The first-order chi connectivity index (χ1) is 12.3. The number of rotatable bonds is 2. The van der Waals surface area contributed by atoms with Crippen LogP contribution in [-0.4, -0.2) is 46.5 Å². The lowest BCUT2D eigenvalue weighted by Crippen LogP contribution is -2.47. The van der Waals surface area contributed by atoms with Crippen molar-refractivity contribution in [2.24, 2.45) is 11.1 Å². The number of hydrogen-bond donors (Lipinski definition) is 3. The topological polar surface area (TPSA) is 136 Å². The summed E-state index contributed by atoms with van der Waals surface area (Å²) in [6.45, 7) is 9.95. The summed E-state index contributed by atoms with van der Waals surface area (Å²) in [7, 11) is 0. The predicted octanol–water partition coefficient (Wildman–Crippen LogP) is 2.01. The number of amides is 2. The van der Waals surface area contributed by atoms with Crippen molar-refractivity contribution >= 4 is 24.1 Å². The summed E-state index contributed by atoms with van der Waals surface area (Å²) in [4.78, 5) is 40.6. The fourth-order valence-electron chi connectivity index (χ4n) is 2.25. The number of carbonyl (C=O) groups is 3. The molecular formula is C17H29N3O7. The fraction of sp³-hybridized carbons (Fsp3) is 0.765. The van der Waals surface area contributed by atoms with Crippen molar-refractivity contribution in [2.75, 3.05) is 0 Å². The number of oxime groups is 1. The predicted molar refractivity (Wildman–Crippen MR) is 95.6 cm³/mol. The van der Waals surface area contributed by atoms with Crippen LogP contribution in [0.5, 0.6) is 0 Å². The van der Waals surface area contributed by atoms with Gasteiger partial charge in [-0.2, -0.15) is 0 Å². The van der Waals surface area contributed by atoms with E-state index in [-0.39, 0.29) is 0 Å². The van der Waals surface area contributed by atoms with Gasteiger partial charge in [0.05, 0.1) is 12.0 Å². The Hall–Kier alpha value is -2.36. The molecule has 1 aliphatic rings. The van der Waals surface area contributed by atoms with Crippen LogP contribution in [0.25, 0.3) is 0 Å². The zero-order valence-electron chi connectivity index (χ0n) is 16.6. The van der Waals surface area contributed by atoms with Crippen molar-refractivity contribution in [3.05, 3.63) is 0 Å². The molecule has 1 fully saturated rings. The van der Waals surface area contributed by atoms with E-state index < -0.39 is 47.3 Å². The Morgan fingerprint density at radius 1 is 0.926 bits per heavy atom. The zero-order valence-corrected chi connectivity index (χ0v) is 16.6. The molecule has 0 saturated heterocycles. The van der Waals surface area contributed by atoms with E-state index in [9.17, 15) is 19.5 Å². The molecule has 0 bridgehead atoms. The lowest BCUT2D eigenvalue weighted by molar-refractivity contribution is -0.151. The molecule has 0 aliphatic heterocycles. The van der Waals surface area contributed by atoms with Gasteiger partial charge in [0.15, 0.2) is 0 Å². The third-order valence-electron chi connectivity index (χ3n) is 3.25. The summed E-state index contributed by atoms with van der Waals surface area (Å²) in [6.07, 6.45) is -0.937. The van der Waals surface area contributed by atoms with Crippen LogP contribution in [0.3, 0.4) is 0 Å². The number of aliphatic hydroxyl groups excluding tert-OH is 1. The second-order valence-electron chi connectivity index (χ2n) is 8.21. The monoisotopic (exact) mass is 387 g/mol. The number of alkyl carbamates (subject to hydrolysis) is 2. The van der Waals surface area contributed by atoms with E-state index in [0.29, 0.717) is 19.3 Å². The van der Waals surface area contributed by atoms with E-state index in [4.69, 9.17) is 14.3 Å². The lowest BCUT2D eigenvalue weighted by atomic mass is 10.1. The average molecular weight is 387 g/mol. The molecule has 0 aromatic carbocycles. The normalized spacial score (nSPS) is 19.7. The zero-order chi connectivity index (χ0) is 20.8. The van der Waals surface area contributed by atoms with Crippen molar-refractivity contribution in [1.82, 2.24) is 10.6 Å². The molecular weight excluding hydrogens is 358 g/mol. The van der Waals surface area contributed by atoms with Crippen molar-refractivity contribution in [2.45, 2.75) is 78.1 Å². The van der Waals surface area contributed by atoms with Crippen LogP contribution in [0.15, 0.2) is 5.16 Å². The Balaban J connectivity index is 2.80. The molecule has 2 atom stereocenters. The molecule has 0 heterocycles. The van der Waals surface area contributed by atoms with Gasteiger partial charge in [-0.15, -0.1) is 0 Å². The van der Waals surface area contributed by atoms with Crippen LogP contribution >= 0.6 is 0 Å². The molecule has 3 N–H and O–H groups in total. The first-order valence-electron chi connectivity index (χ1n) is 8.74. The highest BCUT2D eigenvalue weighted by Crippen LogP contribution is 2.26. The van der Waals surface area contributed by atoms with E-state index in [2.05, 4.69) is 15.8 Å². The number of hydrogen-bond acceptors (Lipinski definition) is 8. The van der Waals surface area contributed by atoms with Crippen molar-refractivity contribution in [3.8, 4) is 0 Å². The van der Waals surface area contributed by atoms with Gasteiger partial charge in [0.1, 0.15) is 11.2 Å². The summed E-state index contributed by atoms with van der Waals surface area (Å²) in [6, 6.07) is 0. The Kier molecular flexibility index (Phi) is 7.58. The maximum Gasteiger partial charge on any atom is 0.414 e. The standard InChI is InChI=1S/C17H29N3O7/c1-16(2,3)25-14(23)18-13(19-15(24)26-17(4,5)6)20-27-12(22)10-8-7-9-11(10)21/h10-11,21H,7-9H2,1-6H3,(H2,18,19,20,23,24). The van der Waals surface area contributed by atoms with E-state index in [1.54, 1.807) is 41.5 Å². The molecule has 0 radical (unpaired) electrons. The van der Waals surface area contributed by atoms with Crippen molar-refractivity contribution in [1.29, 1.82) is 0 Å². The number of nitrogens with one attached hydrogen (secondary N) is 2. The molecule has 2 unspecified atom stereocenters. The highest BCUT2D eigenvalue weighted by molar-refractivity contribution is 6.01. The molecule has 1 rings (SSSR count). The number of guanidine groups is 1. The summed E-state index contributed by atoms with van der Waals surface area (Å²) in [5.41, 5.74) is -1.57. The van der Waals surface area contributed by atoms with Gasteiger partial charge in [-0.3, -0.25) is 10.6 Å². The number of ether oxygens (including phenoxy) is 2. The third kappa shape index (κ3) is 9.23. The van der Waals surface area contributed by atoms with E-state index in [1.165, 1.54) is 0 Å². The number of aliphatic hydroxyl groups is 1. The molecule has 1 aliphatic carbocycles. The third-order valence-corrected chi connectivity index (χ3v) is 3.25. The van der Waals surface area contributed by atoms with Crippen LogP contribution < -0.4 is 10.6 Å². The van der Waals surface area contributed by atoms with Gasteiger partial charge >= 0.3 is 18.2 Å². The molecule has 154 valence electrons. The van der Waals surface area contributed by atoms with Crippen molar-refractivity contribution < 1.29 is 33.8 Å². The van der Waals surface area contributed by atoms with Crippen molar-refractivity contribution in [3.63, 3.8) is 0 Å². The molecule has 27 heavy (non-hydrogen) atoms. The SMILES string of the molecule is CC(C)(C)OC(=O)NC(=NOC(=O)C1CCCC1O)NC(=O)OC(C)(C)C. The molecule has 1 saturated carbocycles. The maximum absolute atomic E-state index is 12.0. The quantitative estimate of drug-likeness (QED) is 0.285. The summed E-state index contributed by atoms with van der Waals surface area (Å²) < 4.78 is 10.1. The molecule has 0 aromatic heterocycles. The van der Waals surface area contributed by atoms with E-state index >= 15 is 0 Å². The summed E-state index contributed by atoms with van der Waals surface area (Å²) in [5, 5.41) is 17.6. The van der Waals surface area contributed by atoms with Gasteiger partial charge in [-0.1, -0.05) is 0 Å². The van der Waals surface area contributed by atoms with Gasteiger partial charge < -0.3 is 19.4 Å². The average Bonchev–Trinajstić information content (AvgIpc) is 2.86. The highest BCUT2D eigenvalue weighted by atomic mass is 16.7. The van der Waals surface area contributed by atoms with Gasteiger partial charge in [0.2, 0.25) is 0 Å². The summed E-state index contributed by atoms with van der Waals surface area (Å²) in [5.74, 6) is -1.92. The molecule has 2 amide bonds. The lowest BCUT2D eigenvalue weighted by Gasteiger charge is -2.21. The van der Waals surface area contributed by atoms with E-state index in [0.717, 1.165) is 0 Å². The Labute approximate surface area is 158 Å². The number of nitrogens with zero attached hydrogens (tertiary/aromatic N) is 1. The van der Waals surface area contributed by atoms with Gasteiger partial charge in [0.25, 0.3) is 5.96 Å².